The lowest BCUT2D eigenvalue weighted by molar-refractivity contribution is -0.119. The predicted octanol–water partition coefficient (Wildman–Crippen LogP) is 3.76. The third kappa shape index (κ3) is 5.49. The van der Waals surface area contributed by atoms with Crippen molar-refractivity contribution in [3.05, 3.63) is 71.8 Å². The van der Waals surface area contributed by atoms with Crippen LogP contribution >= 0.6 is 0 Å². The van der Waals surface area contributed by atoms with Crippen LogP contribution in [0.3, 0.4) is 0 Å². The number of amides is 1. The Balaban J connectivity index is 1.78. The predicted molar refractivity (Wildman–Crippen MR) is 116 cm³/mol. The standard InChI is InChI=1S/C23H25N3O3S/c24-17-20-10-7-11-21(16-20)26(30(28,29)22-12-5-2-6-13-22)18-23(27)25-15-14-19-8-3-1-4-9-19/h2,5-8,10-13,16H,1,3-4,9,14-15,18H2,(H,25,27). The van der Waals surface area contributed by atoms with Crippen molar-refractivity contribution in [1.29, 1.82) is 5.26 Å². The van der Waals surface area contributed by atoms with Crippen molar-refractivity contribution in [3.63, 3.8) is 0 Å². The first kappa shape index (κ1) is 21.6. The largest absolute Gasteiger partial charge is 0.354 e. The number of hydrogen-bond acceptors (Lipinski definition) is 4. The zero-order valence-corrected chi connectivity index (χ0v) is 17.6. The molecule has 7 heteroatoms. The van der Waals surface area contributed by atoms with E-state index in [9.17, 15) is 18.5 Å². The molecular weight excluding hydrogens is 398 g/mol. The number of nitrogens with zero attached hydrogens (tertiary/aromatic N) is 2. The number of benzene rings is 2. The Morgan fingerprint density at radius 3 is 2.60 bits per heavy atom. The lowest BCUT2D eigenvalue weighted by Gasteiger charge is -2.24. The Kier molecular flexibility index (Phi) is 7.26. The number of nitrogens with one attached hydrogen (secondary N) is 1. The molecule has 1 amide bonds. The smallest absolute Gasteiger partial charge is 0.264 e. The summed E-state index contributed by atoms with van der Waals surface area (Å²) in [7, 11) is -3.97. The minimum atomic E-state index is -3.97. The Bertz CT molecular complexity index is 1060. The van der Waals surface area contributed by atoms with E-state index >= 15 is 0 Å². The van der Waals surface area contributed by atoms with Crippen LogP contribution < -0.4 is 9.62 Å². The van der Waals surface area contributed by atoms with Crippen LogP contribution in [0.15, 0.2) is 71.1 Å². The number of allylic oxidation sites excluding steroid dienone is 1. The molecule has 0 aromatic heterocycles. The summed E-state index contributed by atoms with van der Waals surface area (Å²) in [5.74, 6) is -0.381. The molecule has 0 spiro atoms. The fourth-order valence-corrected chi connectivity index (χ4v) is 4.88. The molecule has 0 atom stereocenters. The molecule has 0 fully saturated rings. The SMILES string of the molecule is N#Cc1cccc(N(CC(=O)NCCC2=CCCCC2)S(=O)(=O)c2ccccc2)c1. The topological polar surface area (TPSA) is 90.3 Å². The number of nitriles is 1. The molecule has 30 heavy (non-hydrogen) atoms. The summed E-state index contributed by atoms with van der Waals surface area (Å²) in [5, 5.41) is 12.0. The first-order valence-electron chi connectivity index (χ1n) is 10.0. The summed E-state index contributed by atoms with van der Waals surface area (Å²) in [5.41, 5.74) is 1.95. The summed E-state index contributed by atoms with van der Waals surface area (Å²) < 4.78 is 27.5. The van der Waals surface area contributed by atoms with Gasteiger partial charge in [0.1, 0.15) is 6.54 Å². The van der Waals surface area contributed by atoms with Crippen molar-refractivity contribution < 1.29 is 13.2 Å². The lowest BCUT2D eigenvalue weighted by Crippen LogP contribution is -2.41. The summed E-state index contributed by atoms with van der Waals surface area (Å²) in [6, 6.07) is 16.2. The fourth-order valence-electron chi connectivity index (χ4n) is 3.45. The van der Waals surface area contributed by atoms with Gasteiger partial charge in [-0.2, -0.15) is 5.26 Å². The highest BCUT2D eigenvalue weighted by atomic mass is 32.2. The minimum absolute atomic E-state index is 0.0903. The molecule has 0 unspecified atom stereocenters. The number of rotatable bonds is 8. The van der Waals surface area contributed by atoms with Crippen molar-refractivity contribution in [2.45, 2.75) is 37.0 Å². The maximum Gasteiger partial charge on any atom is 0.264 e. The van der Waals surface area contributed by atoms with E-state index in [1.54, 1.807) is 36.4 Å². The number of anilines is 1. The summed E-state index contributed by atoms with van der Waals surface area (Å²) >= 11 is 0. The van der Waals surface area contributed by atoms with Crippen molar-refractivity contribution >= 4 is 21.6 Å². The number of hydrogen-bond donors (Lipinski definition) is 1. The normalized spacial score (nSPS) is 13.8. The quantitative estimate of drug-likeness (QED) is 0.655. The second-order valence-corrected chi connectivity index (χ2v) is 9.06. The molecule has 1 aliphatic rings. The van der Waals surface area contributed by atoms with Gasteiger partial charge in [-0.05, 0) is 62.4 Å². The van der Waals surface area contributed by atoms with Crippen LogP contribution in [-0.2, 0) is 14.8 Å². The second kappa shape index (κ2) is 10.1. The van der Waals surface area contributed by atoms with E-state index in [1.165, 1.54) is 36.6 Å². The van der Waals surface area contributed by atoms with Gasteiger partial charge < -0.3 is 5.32 Å². The monoisotopic (exact) mass is 423 g/mol. The molecule has 1 N–H and O–H groups in total. The van der Waals surface area contributed by atoms with E-state index in [0.717, 1.165) is 23.6 Å². The summed E-state index contributed by atoms with van der Waals surface area (Å²) in [6.45, 7) is 0.118. The maximum absolute atomic E-state index is 13.2. The van der Waals surface area contributed by atoms with Crippen LogP contribution in [0.2, 0.25) is 0 Å². The first-order chi connectivity index (χ1) is 14.5. The highest BCUT2D eigenvalue weighted by Gasteiger charge is 2.27. The van der Waals surface area contributed by atoms with Crippen LogP contribution in [0.1, 0.15) is 37.7 Å². The Morgan fingerprint density at radius 1 is 1.10 bits per heavy atom. The third-order valence-electron chi connectivity index (χ3n) is 5.03. The van der Waals surface area contributed by atoms with Crippen molar-refractivity contribution in [3.8, 4) is 6.07 Å². The molecule has 156 valence electrons. The molecule has 1 aliphatic carbocycles. The molecule has 2 aromatic carbocycles. The molecule has 0 heterocycles. The van der Waals surface area contributed by atoms with Crippen molar-refractivity contribution in [2.75, 3.05) is 17.4 Å². The van der Waals surface area contributed by atoms with E-state index in [2.05, 4.69) is 11.4 Å². The van der Waals surface area contributed by atoms with E-state index < -0.39 is 10.0 Å². The molecule has 0 radical (unpaired) electrons. The molecule has 0 saturated carbocycles. The van der Waals surface area contributed by atoms with Crippen LogP contribution in [0.5, 0.6) is 0 Å². The van der Waals surface area contributed by atoms with Gasteiger partial charge in [0.15, 0.2) is 0 Å². The van der Waals surface area contributed by atoms with Gasteiger partial charge in [-0.1, -0.05) is 35.9 Å². The van der Waals surface area contributed by atoms with Gasteiger partial charge in [0.05, 0.1) is 22.2 Å². The van der Waals surface area contributed by atoms with Crippen molar-refractivity contribution in [1.82, 2.24) is 5.32 Å². The maximum atomic E-state index is 13.2. The van der Waals surface area contributed by atoms with E-state index in [4.69, 9.17) is 0 Å². The van der Waals surface area contributed by atoms with Gasteiger partial charge in [-0.25, -0.2) is 8.42 Å². The van der Waals surface area contributed by atoms with E-state index in [-0.39, 0.29) is 23.0 Å². The Morgan fingerprint density at radius 2 is 1.90 bits per heavy atom. The third-order valence-corrected chi connectivity index (χ3v) is 6.82. The highest BCUT2D eigenvalue weighted by molar-refractivity contribution is 7.92. The summed E-state index contributed by atoms with van der Waals surface area (Å²) in [4.78, 5) is 12.7. The number of sulfonamides is 1. The molecule has 0 bridgehead atoms. The molecule has 6 nitrogen and oxygen atoms in total. The first-order valence-corrected chi connectivity index (χ1v) is 11.5. The van der Waals surface area contributed by atoms with Crippen LogP contribution in [0.25, 0.3) is 0 Å². The van der Waals surface area contributed by atoms with Gasteiger partial charge in [0, 0.05) is 6.54 Å². The zero-order chi connectivity index (χ0) is 21.4. The number of carbonyl (C=O) groups is 1. The van der Waals surface area contributed by atoms with Gasteiger partial charge >= 0.3 is 0 Å². The van der Waals surface area contributed by atoms with Gasteiger partial charge in [-0.15, -0.1) is 0 Å². The molecule has 3 rings (SSSR count). The van der Waals surface area contributed by atoms with Crippen molar-refractivity contribution in [2.24, 2.45) is 0 Å². The minimum Gasteiger partial charge on any atom is -0.354 e. The molecular formula is C23H25N3O3S. The zero-order valence-electron chi connectivity index (χ0n) is 16.8. The Hall–Kier alpha value is -3.11. The van der Waals surface area contributed by atoms with Crippen LogP contribution in [0, 0.1) is 11.3 Å². The molecule has 0 aliphatic heterocycles. The lowest BCUT2D eigenvalue weighted by atomic mass is 9.97. The highest BCUT2D eigenvalue weighted by Crippen LogP contribution is 2.24. The Labute approximate surface area is 177 Å². The van der Waals surface area contributed by atoms with Gasteiger partial charge in [0.25, 0.3) is 10.0 Å². The van der Waals surface area contributed by atoms with Gasteiger partial charge in [0.2, 0.25) is 5.91 Å². The van der Waals surface area contributed by atoms with E-state index in [0.29, 0.717) is 12.1 Å². The van der Waals surface area contributed by atoms with Crippen LogP contribution in [0.4, 0.5) is 5.69 Å². The van der Waals surface area contributed by atoms with E-state index in [1.807, 2.05) is 6.07 Å². The second-order valence-electron chi connectivity index (χ2n) is 7.19. The van der Waals surface area contributed by atoms with Gasteiger partial charge in [-0.3, -0.25) is 9.10 Å². The number of carbonyl (C=O) groups excluding carboxylic acids is 1. The average molecular weight is 424 g/mol. The summed E-state index contributed by atoms with van der Waals surface area (Å²) in [6.07, 6.45) is 7.55. The fraction of sp³-hybridized carbons (Fsp3) is 0.304. The molecule has 0 saturated heterocycles. The molecule has 2 aromatic rings. The van der Waals surface area contributed by atoms with Crippen LogP contribution in [-0.4, -0.2) is 27.4 Å². The average Bonchev–Trinajstić information content (AvgIpc) is 2.78.